The fourth-order valence-electron chi connectivity index (χ4n) is 1.57. The summed E-state index contributed by atoms with van der Waals surface area (Å²) in [5.74, 6) is 0.112. The highest BCUT2D eigenvalue weighted by molar-refractivity contribution is 7.17. The van der Waals surface area contributed by atoms with Crippen molar-refractivity contribution in [1.29, 1.82) is 0 Å². The van der Waals surface area contributed by atoms with Gasteiger partial charge in [0.05, 0.1) is 5.69 Å². The highest BCUT2D eigenvalue weighted by Crippen LogP contribution is 2.20. The molecule has 1 amide bonds. The van der Waals surface area contributed by atoms with Crippen molar-refractivity contribution in [2.75, 3.05) is 12.3 Å². The summed E-state index contributed by atoms with van der Waals surface area (Å²) in [6.45, 7) is 5.84. The first-order chi connectivity index (χ1) is 7.95. The van der Waals surface area contributed by atoms with Crippen LogP contribution < -0.4 is 11.1 Å². The van der Waals surface area contributed by atoms with Crippen LogP contribution in [0.25, 0.3) is 0 Å². The van der Waals surface area contributed by atoms with Gasteiger partial charge in [-0.1, -0.05) is 25.2 Å². The van der Waals surface area contributed by atoms with Gasteiger partial charge in [-0.15, -0.1) is 0 Å². The number of nitrogens with two attached hydrogens (primary N) is 1. The van der Waals surface area contributed by atoms with Gasteiger partial charge in [0.15, 0.2) is 5.13 Å². The molecule has 0 spiro atoms. The van der Waals surface area contributed by atoms with Gasteiger partial charge in [0.1, 0.15) is 4.88 Å². The summed E-state index contributed by atoms with van der Waals surface area (Å²) in [4.78, 5) is 16.6. The van der Waals surface area contributed by atoms with Crippen LogP contribution in [0.2, 0.25) is 0 Å². The molecular weight excluding hydrogens is 238 g/mol. The Bertz CT molecular complexity index is 390. The number of nitrogens with zero attached hydrogens (tertiary/aromatic N) is 1. The van der Waals surface area contributed by atoms with Gasteiger partial charge in [-0.05, 0) is 19.3 Å². The van der Waals surface area contributed by atoms with E-state index in [0.717, 1.165) is 0 Å². The molecule has 0 aliphatic carbocycles. The number of nitrogen functional groups attached to an aromatic ring is 1. The number of hydrogen-bond donors (Lipinski definition) is 3. The molecule has 0 fully saturated rings. The predicted molar refractivity (Wildman–Crippen MR) is 69.1 cm³/mol. The lowest BCUT2D eigenvalue weighted by Gasteiger charge is -2.21. The Hall–Kier alpha value is -1.14. The molecule has 1 aromatic heterocycles. The number of carbonyl (C=O) groups excluding carboxylic acids is 1. The minimum atomic E-state index is -0.163. The molecule has 0 radical (unpaired) electrons. The molecule has 4 N–H and O–H groups in total. The van der Waals surface area contributed by atoms with E-state index in [1.54, 1.807) is 6.92 Å². The normalized spacial score (nSPS) is 12.8. The van der Waals surface area contributed by atoms with E-state index in [1.165, 1.54) is 11.3 Å². The number of thiazole rings is 1. The quantitative estimate of drug-likeness (QED) is 0.739. The average Bonchev–Trinajstić information content (AvgIpc) is 2.57. The van der Waals surface area contributed by atoms with Gasteiger partial charge >= 0.3 is 0 Å². The van der Waals surface area contributed by atoms with Crippen molar-refractivity contribution in [3.05, 3.63) is 10.6 Å². The second-order valence-electron chi connectivity index (χ2n) is 4.30. The van der Waals surface area contributed by atoms with Crippen LogP contribution in [-0.2, 0) is 0 Å². The van der Waals surface area contributed by atoms with Crippen LogP contribution in [0.5, 0.6) is 0 Å². The number of carbonyl (C=O) groups is 1. The first-order valence-electron chi connectivity index (χ1n) is 5.60. The molecule has 0 saturated heterocycles. The fourth-order valence-corrected chi connectivity index (χ4v) is 2.31. The summed E-state index contributed by atoms with van der Waals surface area (Å²) in [6.07, 6.45) is 0.552. The standard InChI is InChI=1S/C11H19N3O2S/c1-6(2)8(4-5-15)14-10(16)9-7(3)13-11(12)17-9/h6,8,15H,4-5H2,1-3H3,(H2,12,13)(H,14,16). The molecule has 1 rings (SSSR count). The number of nitrogens with one attached hydrogen (secondary N) is 1. The van der Waals surface area contributed by atoms with Crippen LogP contribution in [0.1, 0.15) is 35.6 Å². The molecule has 0 saturated carbocycles. The van der Waals surface area contributed by atoms with Crippen molar-refractivity contribution in [3.63, 3.8) is 0 Å². The summed E-state index contributed by atoms with van der Waals surface area (Å²) in [7, 11) is 0. The summed E-state index contributed by atoms with van der Waals surface area (Å²) < 4.78 is 0. The number of amides is 1. The van der Waals surface area contributed by atoms with E-state index >= 15 is 0 Å². The number of rotatable bonds is 5. The van der Waals surface area contributed by atoms with E-state index in [4.69, 9.17) is 10.8 Å². The molecule has 1 atom stereocenters. The Balaban J connectivity index is 2.73. The van der Waals surface area contributed by atoms with E-state index in [1.807, 2.05) is 13.8 Å². The average molecular weight is 257 g/mol. The molecule has 0 bridgehead atoms. The predicted octanol–water partition coefficient (Wildman–Crippen LogP) is 1.17. The van der Waals surface area contributed by atoms with Gasteiger partial charge < -0.3 is 16.2 Å². The van der Waals surface area contributed by atoms with E-state index in [2.05, 4.69) is 10.3 Å². The maximum Gasteiger partial charge on any atom is 0.263 e. The van der Waals surface area contributed by atoms with Gasteiger partial charge in [0, 0.05) is 12.6 Å². The Kier molecular flexibility index (Phi) is 4.89. The number of aromatic nitrogens is 1. The zero-order valence-corrected chi connectivity index (χ0v) is 11.2. The molecule has 1 unspecified atom stereocenters. The van der Waals surface area contributed by atoms with Crippen LogP contribution in [0.15, 0.2) is 0 Å². The molecule has 6 heteroatoms. The maximum atomic E-state index is 12.0. The second-order valence-corrected chi connectivity index (χ2v) is 5.33. The van der Waals surface area contributed by atoms with Crippen molar-refractivity contribution in [2.45, 2.75) is 33.2 Å². The van der Waals surface area contributed by atoms with E-state index < -0.39 is 0 Å². The van der Waals surface area contributed by atoms with E-state index in [9.17, 15) is 4.79 Å². The highest BCUT2D eigenvalue weighted by atomic mass is 32.1. The maximum absolute atomic E-state index is 12.0. The molecule has 17 heavy (non-hydrogen) atoms. The lowest BCUT2D eigenvalue weighted by molar-refractivity contribution is 0.0920. The SMILES string of the molecule is Cc1nc(N)sc1C(=O)NC(CCO)C(C)C. The van der Waals surface area contributed by atoms with Crippen molar-refractivity contribution in [3.8, 4) is 0 Å². The topological polar surface area (TPSA) is 88.2 Å². The largest absolute Gasteiger partial charge is 0.396 e. The second kappa shape index (κ2) is 5.97. The molecular formula is C11H19N3O2S. The highest BCUT2D eigenvalue weighted by Gasteiger charge is 2.20. The molecule has 96 valence electrons. The van der Waals surface area contributed by atoms with Gasteiger partial charge in [0.25, 0.3) is 5.91 Å². The minimum absolute atomic E-state index is 0.0322. The van der Waals surface area contributed by atoms with Crippen molar-refractivity contribution in [2.24, 2.45) is 5.92 Å². The third-order valence-electron chi connectivity index (χ3n) is 2.58. The number of anilines is 1. The Morgan fingerprint density at radius 1 is 1.59 bits per heavy atom. The van der Waals surface area contributed by atoms with Gasteiger partial charge in [-0.3, -0.25) is 4.79 Å². The summed E-state index contributed by atoms with van der Waals surface area (Å²) in [5.41, 5.74) is 6.20. The van der Waals surface area contributed by atoms with Crippen molar-refractivity contribution in [1.82, 2.24) is 10.3 Å². The zero-order valence-electron chi connectivity index (χ0n) is 10.4. The summed E-state index contributed by atoms with van der Waals surface area (Å²) in [6, 6.07) is -0.0322. The van der Waals surface area contributed by atoms with Crippen LogP contribution in [0.4, 0.5) is 5.13 Å². The first-order valence-corrected chi connectivity index (χ1v) is 6.42. The molecule has 0 aromatic carbocycles. The Morgan fingerprint density at radius 3 is 2.65 bits per heavy atom. The van der Waals surface area contributed by atoms with Crippen LogP contribution in [0.3, 0.4) is 0 Å². The van der Waals surface area contributed by atoms with Gasteiger partial charge in [-0.2, -0.15) is 0 Å². The van der Waals surface area contributed by atoms with Crippen LogP contribution in [-0.4, -0.2) is 28.6 Å². The fraction of sp³-hybridized carbons (Fsp3) is 0.636. The smallest absolute Gasteiger partial charge is 0.263 e. The summed E-state index contributed by atoms with van der Waals surface area (Å²) in [5, 5.41) is 12.2. The van der Waals surface area contributed by atoms with Gasteiger partial charge in [-0.25, -0.2) is 4.98 Å². The zero-order chi connectivity index (χ0) is 13.0. The number of hydrogen-bond acceptors (Lipinski definition) is 5. The van der Waals surface area contributed by atoms with Crippen LogP contribution >= 0.6 is 11.3 Å². The number of aryl methyl sites for hydroxylation is 1. The lowest BCUT2D eigenvalue weighted by Crippen LogP contribution is -2.39. The van der Waals surface area contributed by atoms with E-state index in [-0.39, 0.29) is 24.5 Å². The molecule has 1 heterocycles. The van der Waals surface area contributed by atoms with Gasteiger partial charge in [0.2, 0.25) is 0 Å². The lowest BCUT2D eigenvalue weighted by atomic mass is 10.0. The molecule has 5 nitrogen and oxygen atoms in total. The molecule has 0 aliphatic heterocycles. The minimum Gasteiger partial charge on any atom is -0.396 e. The third-order valence-corrected chi connectivity index (χ3v) is 3.57. The summed E-state index contributed by atoms with van der Waals surface area (Å²) >= 11 is 1.19. The Labute approximate surface area is 105 Å². The van der Waals surface area contributed by atoms with Crippen molar-refractivity contribution >= 4 is 22.4 Å². The van der Waals surface area contributed by atoms with Crippen molar-refractivity contribution < 1.29 is 9.90 Å². The van der Waals surface area contributed by atoms with E-state index in [0.29, 0.717) is 22.1 Å². The monoisotopic (exact) mass is 257 g/mol. The number of aliphatic hydroxyl groups is 1. The number of aliphatic hydroxyl groups excluding tert-OH is 1. The van der Waals surface area contributed by atoms with Crippen LogP contribution in [0, 0.1) is 12.8 Å². The Morgan fingerprint density at radius 2 is 2.24 bits per heavy atom. The molecule has 1 aromatic rings. The third kappa shape index (κ3) is 3.67. The first kappa shape index (κ1) is 13.9. The molecule has 0 aliphatic rings.